The van der Waals surface area contributed by atoms with Crippen LogP contribution in [0.2, 0.25) is 0 Å². The fourth-order valence-electron chi connectivity index (χ4n) is 3.18. The normalized spacial score (nSPS) is 31.8. The summed E-state index contributed by atoms with van der Waals surface area (Å²) in [5.74, 6) is 1.30. The third-order valence-corrected chi connectivity index (χ3v) is 4.48. The van der Waals surface area contributed by atoms with Crippen LogP contribution >= 0.6 is 11.5 Å². The van der Waals surface area contributed by atoms with Crippen LogP contribution in [0.3, 0.4) is 0 Å². The van der Waals surface area contributed by atoms with E-state index in [0.717, 1.165) is 26.1 Å². The third kappa shape index (κ3) is 1.75. The molecule has 1 aromatic heterocycles. The predicted octanol–water partition coefficient (Wildman–Crippen LogP) is 0.608. The van der Waals surface area contributed by atoms with E-state index in [9.17, 15) is 4.79 Å². The van der Waals surface area contributed by atoms with Gasteiger partial charge in [-0.15, -0.1) is 5.10 Å². The molecule has 3 rings (SSSR count). The smallest absolute Gasteiger partial charge is 0.275 e. The van der Waals surface area contributed by atoms with Gasteiger partial charge in [-0.3, -0.25) is 4.79 Å². The van der Waals surface area contributed by atoms with E-state index in [1.54, 1.807) is 5.38 Å². The first-order valence-electron chi connectivity index (χ1n) is 6.10. The van der Waals surface area contributed by atoms with Gasteiger partial charge in [0.05, 0.1) is 0 Å². The quantitative estimate of drug-likeness (QED) is 0.838. The van der Waals surface area contributed by atoms with Crippen molar-refractivity contribution in [2.45, 2.75) is 19.4 Å². The lowest BCUT2D eigenvalue weighted by molar-refractivity contribution is 0.0705. The van der Waals surface area contributed by atoms with Crippen molar-refractivity contribution in [1.29, 1.82) is 0 Å². The molecule has 3 heterocycles. The molecule has 0 bridgehead atoms. The Hall–Kier alpha value is -1.01. The molecule has 1 N–H and O–H groups in total. The van der Waals surface area contributed by atoms with Gasteiger partial charge in [0.2, 0.25) is 0 Å². The highest BCUT2D eigenvalue weighted by molar-refractivity contribution is 7.03. The van der Waals surface area contributed by atoms with Crippen molar-refractivity contribution in [3.63, 3.8) is 0 Å². The van der Waals surface area contributed by atoms with E-state index < -0.39 is 0 Å². The van der Waals surface area contributed by atoms with Crippen LogP contribution in [0.15, 0.2) is 5.38 Å². The van der Waals surface area contributed by atoms with Crippen LogP contribution in [0.25, 0.3) is 0 Å². The minimum absolute atomic E-state index is 0.0556. The van der Waals surface area contributed by atoms with Gasteiger partial charge in [0.1, 0.15) is 0 Å². The monoisotopic (exact) mass is 252 g/mol. The zero-order valence-electron chi connectivity index (χ0n) is 9.80. The van der Waals surface area contributed by atoms with E-state index in [0.29, 0.717) is 23.6 Å². The molecule has 0 radical (unpaired) electrons. The molecule has 6 heteroatoms. The molecule has 3 unspecified atom stereocenters. The molecule has 2 aliphatic heterocycles. The highest BCUT2D eigenvalue weighted by Gasteiger charge is 2.45. The summed E-state index contributed by atoms with van der Waals surface area (Å²) >= 11 is 1.24. The van der Waals surface area contributed by atoms with E-state index in [-0.39, 0.29) is 5.91 Å². The van der Waals surface area contributed by atoms with Crippen molar-refractivity contribution in [1.82, 2.24) is 19.8 Å². The summed E-state index contributed by atoms with van der Waals surface area (Å²) in [5.41, 5.74) is 0.501. The van der Waals surface area contributed by atoms with Gasteiger partial charge in [-0.25, -0.2) is 0 Å². The van der Waals surface area contributed by atoms with Crippen molar-refractivity contribution in [3.8, 4) is 0 Å². The van der Waals surface area contributed by atoms with Crippen molar-refractivity contribution in [2.75, 3.05) is 19.6 Å². The minimum Gasteiger partial charge on any atom is -0.334 e. The zero-order valence-corrected chi connectivity index (χ0v) is 10.6. The van der Waals surface area contributed by atoms with E-state index in [4.69, 9.17) is 0 Å². The Bertz CT molecular complexity index is 408. The SMILES string of the molecule is CCC1C2CNCC2CN1C(=O)c1csnn1. The van der Waals surface area contributed by atoms with Crippen LogP contribution in [0.4, 0.5) is 0 Å². The Morgan fingerprint density at radius 3 is 3.24 bits per heavy atom. The number of rotatable bonds is 2. The Balaban J connectivity index is 1.81. The zero-order chi connectivity index (χ0) is 11.8. The van der Waals surface area contributed by atoms with Gasteiger partial charge in [-0.1, -0.05) is 11.4 Å². The maximum atomic E-state index is 12.3. The Morgan fingerprint density at radius 1 is 1.65 bits per heavy atom. The van der Waals surface area contributed by atoms with Crippen LogP contribution < -0.4 is 5.32 Å². The molecule has 0 aliphatic carbocycles. The summed E-state index contributed by atoms with van der Waals surface area (Å²) < 4.78 is 3.77. The van der Waals surface area contributed by atoms with Gasteiger partial charge >= 0.3 is 0 Å². The second-order valence-corrected chi connectivity index (χ2v) is 5.42. The number of hydrogen-bond acceptors (Lipinski definition) is 5. The molecule has 5 nitrogen and oxygen atoms in total. The molecule has 0 aromatic carbocycles. The lowest BCUT2D eigenvalue weighted by atomic mass is 9.93. The number of aromatic nitrogens is 2. The van der Waals surface area contributed by atoms with Crippen molar-refractivity contribution < 1.29 is 4.79 Å². The number of nitrogens with zero attached hydrogens (tertiary/aromatic N) is 3. The molecule has 92 valence electrons. The van der Waals surface area contributed by atoms with Crippen LogP contribution in [0, 0.1) is 11.8 Å². The van der Waals surface area contributed by atoms with Crippen molar-refractivity contribution in [2.24, 2.45) is 11.8 Å². The van der Waals surface area contributed by atoms with Crippen molar-refractivity contribution >= 4 is 17.4 Å². The number of likely N-dealkylation sites (tertiary alicyclic amines) is 1. The Morgan fingerprint density at radius 2 is 2.53 bits per heavy atom. The molecular formula is C11H16N4OS. The largest absolute Gasteiger partial charge is 0.334 e. The molecule has 2 fully saturated rings. The summed E-state index contributed by atoms with van der Waals surface area (Å²) in [5, 5.41) is 9.04. The number of carbonyl (C=O) groups is 1. The highest BCUT2D eigenvalue weighted by atomic mass is 32.1. The molecule has 0 saturated carbocycles. The molecule has 1 amide bonds. The fraction of sp³-hybridized carbons (Fsp3) is 0.727. The summed E-state index contributed by atoms with van der Waals surface area (Å²) in [6.07, 6.45) is 1.02. The highest BCUT2D eigenvalue weighted by Crippen LogP contribution is 2.34. The van der Waals surface area contributed by atoms with Crippen LogP contribution in [0.5, 0.6) is 0 Å². The maximum Gasteiger partial charge on any atom is 0.275 e. The van der Waals surface area contributed by atoms with Gasteiger partial charge < -0.3 is 10.2 Å². The predicted molar refractivity (Wildman–Crippen MR) is 64.9 cm³/mol. The average Bonchev–Trinajstić information content (AvgIpc) is 3.03. The summed E-state index contributed by atoms with van der Waals surface area (Å²) in [6.45, 7) is 5.11. The second kappa shape index (κ2) is 4.34. The van der Waals surface area contributed by atoms with Crippen molar-refractivity contribution in [3.05, 3.63) is 11.1 Å². The first-order valence-corrected chi connectivity index (χ1v) is 6.93. The molecule has 1 aromatic rings. The molecule has 2 saturated heterocycles. The summed E-state index contributed by atoms with van der Waals surface area (Å²) in [6, 6.07) is 0.365. The van der Waals surface area contributed by atoms with E-state index in [1.165, 1.54) is 11.5 Å². The number of hydrogen-bond donors (Lipinski definition) is 1. The fourth-order valence-corrected chi connectivity index (χ4v) is 3.61. The van der Waals surface area contributed by atoms with Gasteiger partial charge in [0.25, 0.3) is 5.91 Å². The van der Waals surface area contributed by atoms with Gasteiger partial charge in [0.15, 0.2) is 5.69 Å². The molecule has 2 aliphatic rings. The number of nitrogens with one attached hydrogen (secondary N) is 1. The standard InChI is InChI=1S/C11H16N4OS/c1-2-10-8-4-12-3-7(8)5-15(10)11(16)9-6-17-14-13-9/h6-8,10,12H,2-5H2,1H3. The second-order valence-electron chi connectivity index (χ2n) is 4.81. The number of amides is 1. The Labute approximate surface area is 104 Å². The van der Waals surface area contributed by atoms with Crippen LogP contribution in [-0.4, -0.2) is 46.1 Å². The Kier molecular flexibility index (Phi) is 2.84. The first kappa shape index (κ1) is 11.1. The third-order valence-electron chi connectivity index (χ3n) is 3.98. The topological polar surface area (TPSA) is 58.1 Å². The molecular weight excluding hydrogens is 236 g/mol. The van der Waals surface area contributed by atoms with E-state index in [1.807, 2.05) is 4.90 Å². The van der Waals surface area contributed by atoms with Gasteiger partial charge in [-0.2, -0.15) is 0 Å². The lowest BCUT2D eigenvalue weighted by Gasteiger charge is -2.26. The molecule has 17 heavy (non-hydrogen) atoms. The minimum atomic E-state index is 0.0556. The van der Waals surface area contributed by atoms with E-state index >= 15 is 0 Å². The van der Waals surface area contributed by atoms with Gasteiger partial charge in [0, 0.05) is 31.1 Å². The van der Waals surface area contributed by atoms with Crippen LogP contribution in [-0.2, 0) is 0 Å². The van der Waals surface area contributed by atoms with Crippen LogP contribution in [0.1, 0.15) is 23.8 Å². The molecule has 3 atom stereocenters. The summed E-state index contributed by atoms with van der Waals surface area (Å²) in [4.78, 5) is 14.3. The molecule has 0 spiro atoms. The number of fused-ring (bicyclic) bond motifs is 1. The number of carbonyl (C=O) groups excluding carboxylic acids is 1. The first-order chi connectivity index (χ1) is 8.31. The van der Waals surface area contributed by atoms with E-state index in [2.05, 4.69) is 21.8 Å². The average molecular weight is 252 g/mol. The summed E-state index contributed by atoms with van der Waals surface area (Å²) in [7, 11) is 0. The maximum absolute atomic E-state index is 12.3. The lowest BCUT2D eigenvalue weighted by Crippen LogP contribution is -2.39. The van der Waals surface area contributed by atoms with Gasteiger partial charge in [-0.05, 0) is 29.8 Å².